The molecule has 3 aromatic rings. The number of hydrogen-bond donors (Lipinski definition) is 1. The van der Waals surface area contributed by atoms with Crippen LogP contribution >= 0.6 is 11.3 Å². The second-order valence-electron chi connectivity index (χ2n) is 9.81. The first-order chi connectivity index (χ1) is 17.1. The number of nitrogens with zero attached hydrogens (tertiary/aromatic N) is 3. The first-order valence-electron chi connectivity index (χ1n) is 12.6. The molecule has 1 aliphatic rings. The van der Waals surface area contributed by atoms with E-state index < -0.39 is 0 Å². The molecule has 3 heterocycles. The Hall–Kier alpha value is -3.00. The van der Waals surface area contributed by atoms with Crippen LogP contribution in [0.5, 0.6) is 0 Å². The molecule has 0 radical (unpaired) electrons. The largest absolute Gasteiger partial charge is 0.365 e. The molecule has 1 unspecified atom stereocenters. The van der Waals surface area contributed by atoms with Crippen molar-refractivity contribution in [3.8, 4) is 10.4 Å². The van der Waals surface area contributed by atoms with E-state index in [4.69, 9.17) is 0 Å². The standard InChI is InChI=1S/C22H29N3O2S.C4H5NO.C2H6/c1-15-20(28-14-24-15)17-9-7-16(8-10-17)13-23-21(27)18-6-5-11-25(18)19(26)12-22(2,3)4;1-4-2-3-6-5-4;1-2/h7-10,14,18H,5-6,11-13H2,1-4H3,(H,23,27);2-3H,1H3;1-2H3. The molecule has 1 atom stereocenters. The molecule has 2 amide bonds. The Labute approximate surface area is 219 Å². The molecule has 1 saturated heterocycles. The average Bonchev–Trinajstić information content (AvgIpc) is 3.61. The summed E-state index contributed by atoms with van der Waals surface area (Å²) in [4.78, 5) is 32.5. The third kappa shape index (κ3) is 8.90. The molecule has 4 rings (SSSR count). The van der Waals surface area contributed by atoms with Crippen LogP contribution in [0, 0.1) is 19.3 Å². The predicted molar refractivity (Wildman–Crippen MR) is 146 cm³/mol. The van der Waals surface area contributed by atoms with Gasteiger partial charge in [0.2, 0.25) is 11.8 Å². The van der Waals surface area contributed by atoms with Gasteiger partial charge >= 0.3 is 0 Å². The van der Waals surface area contributed by atoms with Gasteiger partial charge in [-0.25, -0.2) is 4.98 Å². The van der Waals surface area contributed by atoms with Gasteiger partial charge in [0.1, 0.15) is 12.3 Å². The summed E-state index contributed by atoms with van der Waals surface area (Å²) in [5.74, 6) is 0.0246. The lowest BCUT2D eigenvalue weighted by atomic mass is 9.91. The van der Waals surface area contributed by atoms with Gasteiger partial charge in [0.15, 0.2) is 0 Å². The van der Waals surface area contributed by atoms with Crippen molar-refractivity contribution in [1.82, 2.24) is 20.4 Å². The zero-order chi connectivity index (χ0) is 26.7. The van der Waals surface area contributed by atoms with E-state index in [0.717, 1.165) is 35.4 Å². The van der Waals surface area contributed by atoms with Gasteiger partial charge in [-0.1, -0.05) is 64.0 Å². The zero-order valence-corrected chi connectivity index (χ0v) is 23.4. The number of benzene rings is 1. The molecule has 0 bridgehead atoms. The van der Waals surface area contributed by atoms with Crippen LogP contribution < -0.4 is 5.32 Å². The van der Waals surface area contributed by atoms with Gasteiger partial charge in [-0.3, -0.25) is 9.59 Å². The molecule has 36 heavy (non-hydrogen) atoms. The number of carbonyl (C=O) groups is 2. The van der Waals surface area contributed by atoms with Gasteiger partial charge in [-0.15, -0.1) is 11.3 Å². The fourth-order valence-corrected chi connectivity index (χ4v) is 4.64. The molecule has 0 saturated carbocycles. The van der Waals surface area contributed by atoms with E-state index in [1.54, 1.807) is 28.6 Å². The van der Waals surface area contributed by atoms with Gasteiger partial charge in [-0.05, 0) is 43.2 Å². The van der Waals surface area contributed by atoms with Crippen LogP contribution in [0.2, 0.25) is 0 Å². The number of amides is 2. The fraction of sp³-hybridized carbons (Fsp3) is 0.500. The first kappa shape index (κ1) is 29.2. The monoisotopic (exact) mass is 512 g/mol. The quantitative estimate of drug-likeness (QED) is 0.442. The maximum atomic E-state index is 12.7. The highest BCUT2D eigenvalue weighted by molar-refractivity contribution is 7.13. The number of carbonyl (C=O) groups excluding carboxylic acids is 2. The van der Waals surface area contributed by atoms with Crippen molar-refractivity contribution in [2.24, 2.45) is 5.41 Å². The molecule has 8 heteroatoms. The Morgan fingerprint density at radius 3 is 2.33 bits per heavy atom. The second kappa shape index (κ2) is 13.9. The maximum absolute atomic E-state index is 12.7. The fourth-order valence-electron chi connectivity index (χ4n) is 3.83. The number of nitrogens with one attached hydrogen (secondary N) is 1. The van der Waals surface area contributed by atoms with Crippen molar-refractivity contribution in [2.75, 3.05) is 6.54 Å². The van der Waals surface area contributed by atoms with Crippen molar-refractivity contribution >= 4 is 23.2 Å². The molecule has 2 aromatic heterocycles. The Morgan fingerprint density at radius 1 is 1.14 bits per heavy atom. The Kier molecular flexibility index (Phi) is 11.3. The summed E-state index contributed by atoms with van der Waals surface area (Å²) in [5, 5.41) is 6.55. The van der Waals surface area contributed by atoms with Crippen LogP contribution in [-0.2, 0) is 16.1 Å². The number of rotatable bonds is 5. The minimum Gasteiger partial charge on any atom is -0.365 e. The summed E-state index contributed by atoms with van der Waals surface area (Å²) >= 11 is 1.63. The maximum Gasteiger partial charge on any atom is 0.243 e. The van der Waals surface area contributed by atoms with Crippen LogP contribution in [0.1, 0.15) is 70.8 Å². The number of thiazole rings is 1. The van der Waals surface area contributed by atoms with E-state index in [9.17, 15) is 9.59 Å². The summed E-state index contributed by atoms with van der Waals surface area (Å²) in [5.41, 5.74) is 5.93. The van der Waals surface area contributed by atoms with E-state index in [1.807, 2.05) is 66.1 Å². The number of aryl methyl sites for hydroxylation is 2. The van der Waals surface area contributed by atoms with Crippen molar-refractivity contribution in [3.63, 3.8) is 0 Å². The lowest BCUT2D eigenvalue weighted by Gasteiger charge is -2.27. The Bertz CT molecular complexity index is 1070. The first-order valence-corrected chi connectivity index (χ1v) is 13.5. The summed E-state index contributed by atoms with van der Waals surface area (Å²) < 4.78 is 4.46. The van der Waals surface area contributed by atoms with Crippen molar-refractivity contribution in [2.45, 2.75) is 80.3 Å². The summed E-state index contributed by atoms with van der Waals surface area (Å²) in [6, 6.07) is 9.67. The van der Waals surface area contributed by atoms with Crippen molar-refractivity contribution in [1.29, 1.82) is 0 Å². The third-order valence-corrected chi connectivity index (χ3v) is 6.53. The lowest BCUT2D eigenvalue weighted by Crippen LogP contribution is -2.46. The van der Waals surface area contributed by atoms with Crippen LogP contribution in [0.25, 0.3) is 10.4 Å². The van der Waals surface area contributed by atoms with E-state index in [1.165, 1.54) is 4.88 Å². The van der Waals surface area contributed by atoms with Gasteiger partial charge in [0.25, 0.3) is 0 Å². The third-order valence-electron chi connectivity index (χ3n) is 5.55. The molecule has 1 fully saturated rings. The molecule has 1 N–H and O–H groups in total. The molecular formula is C28H40N4O3S. The number of hydrogen-bond acceptors (Lipinski definition) is 6. The molecule has 0 aliphatic carbocycles. The van der Waals surface area contributed by atoms with Crippen LogP contribution in [-0.4, -0.2) is 39.4 Å². The molecule has 1 aromatic carbocycles. The summed E-state index contributed by atoms with van der Waals surface area (Å²) in [7, 11) is 0. The van der Waals surface area contributed by atoms with Gasteiger partial charge in [0, 0.05) is 25.6 Å². The molecule has 0 spiro atoms. The SMILES string of the molecule is CC.Cc1ccon1.Cc1ncsc1-c1ccc(CNC(=O)C2CCCN2C(=O)CC(C)(C)C)cc1. The molecule has 7 nitrogen and oxygen atoms in total. The smallest absolute Gasteiger partial charge is 0.243 e. The molecular weight excluding hydrogens is 472 g/mol. The summed E-state index contributed by atoms with van der Waals surface area (Å²) in [6.45, 7) is 15.2. The number of aromatic nitrogens is 2. The molecule has 1 aliphatic heterocycles. The topological polar surface area (TPSA) is 88.3 Å². The van der Waals surface area contributed by atoms with Gasteiger partial charge in [-0.2, -0.15) is 0 Å². The highest BCUT2D eigenvalue weighted by Gasteiger charge is 2.35. The minimum absolute atomic E-state index is 0.0536. The predicted octanol–water partition coefficient (Wildman–Crippen LogP) is 6.17. The van der Waals surface area contributed by atoms with Crippen LogP contribution in [0.4, 0.5) is 0 Å². The van der Waals surface area contributed by atoms with Gasteiger partial charge in [0.05, 0.1) is 21.8 Å². The Balaban J connectivity index is 0.000000491. The highest BCUT2D eigenvalue weighted by atomic mass is 32.1. The van der Waals surface area contributed by atoms with Crippen molar-refractivity contribution in [3.05, 3.63) is 59.1 Å². The van der Waals surface area contributed by atoms with Crippen LogP contribution in [0.3, 0.4) is 0 Å². The lowest BCUT2D eigenvalue weighted by molar-refractivity contribution is -0.139. The van der Waals surface area contributed by atoms with E-state index in [-0.39, 0.29) is 23.3 Å². The number of likely N-dealkylation sites (tertiary alicyclic amines) is 1. The second-order valence-corrected chi connectivity index (χ2v) is 10.7. The normalized spacial score (nSPS) is 14.9. The average molecular weight is 513 g/mol. The van der Waals surface area contributed by atoms with E-state index in [0.29, 0.717) is 19.5 Å². The summed E-state index contributed by atoms with van der Waals surface area (Å²) in [6.07, 6.45) is 3.65. The van der Waals surface area contributed by atoms with Gasteiger partial charge < -0.3 is 14.7 Å². The van der Waals surface area contributed by atoms with Crippen LogP contribution in [0.15, 0.2) is 46.6 Å². The molecule has 196 valence electrons. The highest BCUT2D eigenvalue weighted by Crippen LogP contribution is 2.27. The van der Waals surface area contributed by atoms with E-state index >= 15 is 0 Å². The Morgan fingerprint density at radius 2 is 1.83 bits per heavy atom. The van der Waals surface area contributed by atoms with E-state index in [2.05, 4.69) is 32.1 Å². The minimum atomic E-state index is -0.339. The van der Waals surface area contributed by atoms with Crippen molar-refractivity contribution < 1.29 is 14.1 Å². The zero-order valence-electron chi connectivity index (χ0n) is 22.6.